The lowest BCUT2D eigenvalue weighted by Gasteiger charge is -2.12. The molecule has 1 amide bonds. The highest BCUT2D eigenvalue weighted by atomic mass is 16.5. The predicted molar refractivity (Wildman–Crippen MR) is 127 cm³/mol. The summed E-state index contributed by atoms with van der Waals surface area (Å²) in [7, 11) is 3.16. The van der Waals surface area contributed by atoms with Crippen molar-refractivity contribution in [3.63, 3.8) is 0 Å². The van der Waals surface area contributed by atoms with E-state index in [0.717, 1.165) is 28.1 Å². The fourth-order valence-corrected chi connectivity index (χ4v) is 3.45. The predicted octanol–water partition coefficient (Wildman–Crippen LogP) is 4.28. The molecule has 0 aliphatic rings. The van der Waals surface area contributed by atoms with Crippen LogP contribution in [0.5, 0.6) is 11.5 Å². The van der Waals surface area contributed by atoms with Gasteiger partial charge in [0.1, 0.15) is 5.69 Å². The number of aromatic nitrogens is 3. The number of ether oxygens (including phenoxy) is 2. The minimum Gasteiger partial charge on any atom is -0.493 e. The maximum absolute atomic E-state index is 12.6. The first-order chi connectivity index (χ1) is 16.2. The number of nitrogens with one attached hydrogen (secondary N) is 1. The van der Waals surface area contributed by atoms with Crippen molar-refractivity contribution in [2.75, 3.05) is 14.2 Å². The van der Waals surface area contributed by atoms with Crippen LogP contribution in [0.2, 0.25) is 0 Å². The summed E-state index contributed by atoms with van der Waals surface area (Å²) < 4.78 is 12.5. The smallest absolute Gasteiger partial charge is 0.244 e. The Kier molecular flexibility index (Phi) is 6.80. The van der Waals surface area contributed by atoms with E-state index in [9.17, 15) is 4.79 Å². The van der Waals surface area contributed by atoms with E-state index in [1.165, 1.54) is 6.08 Å². The van der Waals surface area contributed by atoms with Crippen LogP contribution in [0.3, 0.4) is 0 Å². The van der Waals surface area contributed by atoms with E-state index in [2.05, 4.69) is 10.3 Å². The van der Waals surface area contributed by atoms with Gasteiger partial charge in [-0.3, -0.25) is 9.78 Å². The monoisotopic (exact) mass is 440 g/mol. The van der Waals surface area contributed by atoms with E-state index < -0.39 is 0 Å². The van der Waals surface area contributed by atoms with Crippen LogP contribution in [0.1, 0.15) is 11.1 Å². The molecule has 0 atom stereocenters. The van der Waals surface area contributed by atoms with E-state index in [1.54, 1.807) is 37.4 Å². The maximum Gasteiger partial charge on any atom is 0.244 e. The Morgan fingerprint density at radius 2 is 1.88 bits per heavy atom. The van der Waals surface area contributed by atoms with Crippen molar-refractivity contribution >= 4 is 12.0 Å². The number of rotatable bonds is 8. The molecule has 2 aromatic carbocycles. The number of methoxy groups -OCH3 is 2. The molecule has 4 rings (SSSR count). The highest BCUT2D eigenvalue weighted by Crippen LogP contribution is 2.30. The highest BCUT2D eigenvalue weighted by molar-refractivity contribution is 5.92. The Morgan fingerprint density at radius 3 is 2.61 bits per heavy atom. The van der Waals surface area contributed by atoms with Crippen molar-refractivity contribution in [1.82, 2.24) is 20.1 Å². The fourth-order valence-electron chi connectivity index (χ4n) is 3.45. The average Bonchev–Trinajstić information content (AvgIpc) is 3.31. The van der Waals surface area contributed by atoms with Gasteiger partial charge in [-0.15, -0.1) is 0 Å². The van der Waals surface area contributed by atoms with Crippen molar-refractivity contribution in [3.8, 4) is 28.4 Å². The summed E-state index contributed by atoms with van der Waals surface area (Å²) in [6.45, 7) is 0.308. The molecule has 0 spiro atoms. The van der Waals surface area contributed by atoms with Crippen LogP contribution in [0.15, 0.2) is 85.3 Å². The van der Waals surface area contributed by atoms with E-state index in [0.29, 0.717) is 18.0 Å². The molecule has 0 fully saturated rings. The number of amides is 1. The first kappa shape index (κ1) is 21.8. The second kappa shape index (κ2) is 10.3. The van der Waals surface area contributed by atoms with Gasteiger partial charge in [-0.2, -0.15) is 5.10 Å². The number of hydrogen-bond donors (Lipinski definition) is 1. The van der Waals surface area contributed by atoms with Crippen LogP contribution < -0.4 is 14.8 Å². The number of benzene rings is 2. The Labute approximate surface area is 192 Å². The van der Waals surface area contributed by atoms with Crippen LogP contribution >= 0.6 is 0 Å². The standard InChI is InChI=1S/C26H24N4O3/c1-32-23-12-6-8-20(26(23)33-2)17-28-24(31)14-13-21-18-30(22-10-4-3-5-11-22)29-25(21)19-9-7-15-27-16-19/h3-16,18H,17H2,1-2H3,(H,28,31)/b14-13+. The Morgan fingerprint density at radius 1 is 1.03 bits per heavy atom. The summed E-state index contributed by atoms with van der Waals surface area (Å²) in [5.41, 5.74) is 4.17. The fraction of sp³-hybridized carbons (Fsp3) is 0.115. The molecule has 0 saturated heterocycles. The van der Waals surface area contributed by atoms with Gasteiger partial charge in [-0.05, 0) is 36.4 Å². The Bertz CT molecular complexity index is 1250. The molecule has 0 unspecified atom stereocenters. The highest BCUT2D eigenvalue weighted by Gasteiger charge is 2.12. The van der Waals surface area contributed by atoms with Gasteiger partial charge < -0.3 is 14.8 Å². The Hall–Kier alpha value is -4.39. The topological polar surface area (TPSA) is 78.3 Å². The first-order valence-electron chi connectivity index (χ1n) is 10.4. The number of pyridine rings is 1. The molecule has 2 aromatic heterocycles. The molecule has 7 nitrogen and oxygen atoms in total. The maximum atomic E-state index is 12.6. The number of para-hydroxylation sites is 2. The normalized spacial score (nSPS) is 10.8. The van der Waals surface area contributed by atoms with Crippen molar-refractivity contribution < 1.29 is 14.3 Å². The van der Waals surface area contributed by atoms with Crippen LogP contribution in [0, 0.1) is 0 Å². The molecule has 2 heterocycles. The van der Waals surface area contributed by atoms with E-state index in [4.69, 9.17) is 14.6 Å². The molecule has 0 radical (unpaired) electrons. The largest absolute Gasteiger partial charge is 0.493 e. The number of carbonyl (C=O) groups excluding carboxylic acids is 1. The molecule has 7 heteroatoms. The molecule has 1 N–H and O–H groups in total. The van der Waals surface area contributed by atoms with Crippen LogP contribution in [0.4, 0.5) is 0 Å². The first-order valence-corrected chi connectivity index (χ1v) is 10.4. The summed E-state index contributed by atoms with van der Waals surface area (Å²) in [4.78, 5) is 16.8. The molecule has 0 aliphatic heterocycles. The lowest BCUT2D eigenvalue weighted by Crippen LogP contribution is -2.20. The van der Waals surface area contributed by atoms with Crippen molar-refractivity contribution in [2.45, 2.75) is 6.54 Å². The van der Waals surface area contributed by atoms with Gasteiger partial charge in [0, 0.05) is 47.9 Å². The summed E-state index contributed by atoms with van der Waals surface area (Å²) in [5.74, 6) is 0.992. The average molecular weight is 441 g/mol. The third kappa shape index (κ3) is 5.10. The second-order valence-electron chi connectivity index (χ2n) is 7.16. The van der Waals surface area contributed by atoms with Crippen LogP contribution in [-0.2, 0) is 11.3 Å². The molecule has 0 saturated carbocycles. The molecule has 4 aromatic rings. The van der Waals surface area contributed by atoms with Gasteiger partial charge in [0.2, 0.25) is 5.91 Å². The quantitative estimate of drug-likeness (QED) is 0.414. The summed E-state index contributed by atoms with van der Waals surface area (Å²) in [5, 5.41) is 7.62. The van der Waals surface area contributed by atoms with Gasteiger partial charge in [-0.1, -0.05) is 30.3 Å². The lowest BCUT2D eigenvalue weighted by atomic mass is 10.1. The second-order valence-corrected chi connectivity index (χ2v) is 7.16. The zero-order valence-corrected chi connectivity index (χ0v) is 18.4. The molecule has 0 bridgehead atoms. The minimum absolute atomic E-state index is 0.232. The van der Waals surface area contributed by atoms with E-state index >= 15 is 0 Å². The van der Waals surface area contributed by atoms with Crippen molar-refractivity contribution in [3.05, 3.63) is 96.5 Å². The van der Waals surface area contributed by atoms with Gasteiger partial charge in [-0.25, -0.2) is 4.68 Å². The van der Waals surface area contributed by atoms with Gasteiger partial charge in [0.15, 0.2) is 11.5 Å². The summed E-state index contributed by atoms with van der Waals surface area (Å²) in [6.07, 6.45) is 8.62. The summed E-state index contributed by atoms with van der Waals surface area (Å²) in [6, 6.07) is 19.2. The lowest BCUT2D eigenvalue weighted by molar-refractivity contribution is -0.116. The van der Waals surface area contributed by atoms with Crippen LogP contribution in [0.25, 0.3) is 23.0 Å². The number of nitrogens with zero attached hydrogens (tertiary/aromatic N) is 3. The van der Waals surface area contributed by atoms with Gasteiger partial charge in [0.25, 0.3) is 0 Å². The zero-order valence-electron chi connectivity index (χ0n) is 18.4. The van der Waals surface area contributed by atoms with Crippen LogP contribution in [-0.4, -0.2) is 34.9 Å². The van der Waals surface area contributed by atoms with Gasteiger partial charge >= 0.3 is 0 Å². The molecule has 0 aliphatic carbocycles. The molecular weight excluding hydrogens is 416 g/mol. The van der Waals surface area contributed by atoms with E-state index in [-0.39, 0.29) is 5.91 Å². The van der Waals surface area contributed by atoms with Gasteiger partial charge in [0.05, 0.1) is 19.9 Å². The van der Waals surface area contributed by atoms with E-state index in [1.807, 2.05) is 66.9 Å². The third-order valence-corrected chi connectivity index (χ3v) is 5.05. The molecular formula is C26H24N4O3. The summed E-state index contributed by atoms with van der Waals surface area (Å²) >= 11 is 0. The number of hydrogen-bond acceptors (Lipinski definition) is 5. The Balaban J connectivity index is 1.55. The van der Waals surface area contributed by atoms with Crippen molar-refractivity contribution in [2.24, 2.45) is 0 Å². The molecule has 166 valence electrons. The third-order valence-electron chi connectivity index (χ3n) is 5.05. The SMILES string of the molecule is COc1cccc(CNC(=O)/C=C/c2cn(-c3ccccc3)nc2-c2cccnc2)c1OC. The number of carbonyl (C=O) groups is 1. The van der Waals surface area contributed by atoms with Crippen molar-refractivity contribution in [1.29, 1.82) is 0 Å². The minimum atomic E-state index is -0.232. The zero-order chi connectivity index (χ0) is 23.0. The molecule has 33 heavy (non-hydrogen) atoms.